The Bertz CT molecular complexity index is 902. The van der Waals surface area contributed by atoms with Crippen molar-refractivity contribution < 1.29 is 9.90 Å². The third-order valence-electron chi connectivity index (χ3n) is 3.24. The van der Waals surface area contributed by atoms with E-state index in [0.29, 0.717) is 10.0 Å². The first kappa shape index (κ1) is 14.4. The summed E-state index contributed by atoms with van der Waals surface area (Å²) in [4.78, 5) is 15.9. The predicted octanol–water partition coefficient (Wildman–Crippen LogP) is 3.97. The third-order valence-corrected chi connectivity index (χ3v) is 3.68. The molecule has 1 N–H and O–H groups in total. The molecule has 0 aliphatic carbocycles. The molecule has 1 aromatic carbocycles. The van der Waals surface area contributed by atoms with E-state index in [1.54, 1.807) is 23.9 Å². The molecule has 0 unspecified atom stereocenters. The van der Waals surface area contributed by atoms with Crippen molar-refractivity contribution in [1.82, 2.24) is 9.55 Å². The lowest BCUT2D eigenvalue weighted by Gasteiger charge is -1.96. The van der Waals surface area contributed by atoms with Crippen LogP contribution in [0.15, 0.2) is 57.4 Å². The number of azo groups is 1. The van der Waals surface area contributed by atoms with Gasteiger partial charge in [-0.15, -0.1) is 10.2 Å². The summed E-state index contributed by atoms with van der Waals surface area (Å²) in [5.74, 6) is -0.564. The molecule has 2 heterocycles. The van der Waals surface area contributed by atoms with E-state index >= 15 is 0 Å². The van der Waals surface area contributed by atoms with Crippen molar-refractivity contribution in [2.24, 2.45) is 17.3 Å². The van der Waals surface area contributed by atoms with E-state index in [2.05, 4.69) is 31.1 Å². The van der Waals surface area contributed by atoms with Crippen LogP contribution in [0.2, 0.25) is 0 Å². The Labute approximate surface area is 134 Å². The van der Waals surface area contributed by atoms with E-state index in [1.165, 1.54) is 6.20 Å². The van der Waals surface area contributed by atoms with Gasteiger partial charge in [-0.25, -0.2) is 0 Å². The van der Waals surface area contributed by atoms with Crippen LogP contribution in [0.5, 0.6) is 5.88 Å². The molecule has 0 aliphatic heterocycles. The van der Waals surface area contributed by atoms with Gasteiger partial charge in [0.2, 0.25) is 5.88 Å². The minimum atomic E-state index is -0.527. The minimum Gasteiger partial charge on any atom is -0.493 e. The summed E-state index contributed by atoms with van der Waals surface area (Å²) in [6.07, 6.45) is 2.99. The van der Waals surface area contributed by atoms with Gasteiger partial charge < -0.3 is 9.67 Å². The second-order valence-electron chi connectivity index (χ2n) is 4.65. The van der Waals surface area contributed by atoms with Gasteiger partial charge in [-0.2, -0.15) is 0 Å². The zero-order valence-corrected chi connectivity index (χ0v) is 13.1. The molecule has 6 nitrogen and oxygen atoms in total. The summed E-state index contributed by atoms with van der Waals surface area (Å²) < 4.78 is 2.27. The lowest BCUT2D eigenvalue weighted by molar-refractivity contribution is 0.0994. The van der Waals surface area contributed by atoms with Crippen molar-refractivity contribution in [1.29, 1.82) is 0 Å². The van der Waals surface area contributed by atoms with E-state index in [9.17, 15) is 9.90 Å². The number of para-hydroxylation sites is 1. The Morgan fingerprint density at radius 3 is 2.86 bits per heavy atom. The van der Waals surface area contributed by atoms with E-state index in [0.717, 1.165) is 10.9 Å². The Morgan fingerprint density at radius 2 is 2.09 bits per heavy atom. The second-order valence-corrected chi connectivity index (χ2v) is 5.56. The number of pyridine rings is 1. The number of aromatic hydroxyl groups is 1. The number of carbonyl (C=O) groups is 1. The smallest absolute Gasteiger partial charge is 0.297 e. The van der Waals surface area contributed by atoms with Gasteiger partial charge in [-0.3, -0.25) is 9.78 Å². The van der Waals surface area contributed by atoms with Gasteiger partial charge in [0.25, 0.3) is 5.91 Å². The molecular weight excluding hydrogens is 348 g/mol. The maximum atomic E-state index is 12.0. The fourth-order valence-corrected chi connectivity index (χ4v) is 2.51. The molecule has 0 radical (unpaired) electrons. The average Bonchev–Trinajstić information content (AvgIpc) is 2.77. The molecule has 2 aromatic heterocycles. The molecule has 0 aliphatic rings. The highest BCUT2D eigenvalue weighted by Crippen LogP contribution is 2.37. The van der Waals surface area contributed by atoms with Crippen LogP contribution in [0.3, 0.4) is 0 Å². The average molecular weight is 359 g/mol. The molecule has 22 heavy (non-hydrogen) atoms. The minimum absolute atomic E-state index is 0.0369. The van der Waals surface area contributed by atoms with E-state index in [4.69, 9.17) is 0 Å². The maximum absolute atomic E-state index is 12.0. The number of halogens is 1. The largest absolute Gasteiger partial charge is 0.493 e. The van der Waals surface area contributed by atoms with E-state index in [-0.39, 0.29) is 11.6 Å². The molecule has 0 fully saturated rings. The van der Waals surface area contributed by atoms with Crippen molar-refractivity contribution in [2.45, 2.75) is 0 Å². The Balaban J connectivity index is 2.00. The van der Waals surface area contributed by atoms with Crippen molar-refractivity contribution in [3.05, 3.63) is 52.8 Å². The predicted molar refractivity (Wildman–Crippen MR) is 85.4 cm³/mol. The number of benzene rings is 1. The fourth-order valence-electron chi connectivity index (χ4n) is 2.14. The van der Waals surface area contributed by atoms with Crippen molar-refractivity contribution in [3.63, 3.8) is 0 Å². The molecule has 0 saturated heterocycles. The quantitative estimate of drug-likeness (QED) is 0.703. The summed E-state index contributed by atoms with van der Waals surface area (Å²) in [6, 6.07) is 8.97. The van der Waals surface area contributed by atoms with Crippen LogP contribution in [0.1, 0.15) is 10.4 Å². The Kier molecular flexibility index (Phi) is 3.72. The molecule has 0 atom stereocenters. The molecule has 110 valence electrons. The summed E-state index contributed by atoms with van der Waals surface area (Å²) in [7, 11) is 1.72. The van der Waals surface area contributed by atoms with Crippen LogP contribution in [0.4, 0.5) is 5.69 Å². The number of aromatic nitrogens is 2. The molecule has 0 saturated carbocycles. The highest BCUT2D eigenvalue weighted by molar-refractivity contribution is 9.10. The monoisotopic (exact) mass is 358 g/mol. The number of carbonyl (C=O) groups excluding carboxylic acids is 1. The number of aryl methyl sites for hydroxylation is 1. The van der Waals surface area contributed by atoms with Crippen LogP contribution in [-0.2, 0) is 7.05 Å². The van der Waals surface area contributed by atoms with Crippen molar-refractivity contribution in [3.8, 4) is 5.88 Å². The fraction of sp³-hybridized carbons (Fsp3) is 0.0667. The molecule has 1 amide bonds. The van der Waals surface area contributed by atoms with Gasteiger partial charge in [0.15, 0.2) is 5.69 Å². The highest BCUT2D eigenvalue weighted by Gasteiger charge is 2.14. The van der Waals surface area contributed by atoms with Gasteiger partial charge in [-0.1, -0.05) is 18.2 Å². The molecule has 3 aromatic rings. The lowest BCUT2D eigenvalue weighted by Crippen LogP contribution is -1.94. The standard InChI is InChI=1S/C15H11BrN4O2/c1-20-12-5-3-2-4-11(12)13(15(20)22)18-19-14(21)9-6-10(16)8-17-7-9/h2-8,22H,1H3. The number of amides is 1. The number of fused-ring (bicyclic) bond motifs is 1. The molecular formula is C15H11BrN4O2. The first-order valence-electron chi connectivity index (χ1n) is 6.41. The molecule has 7 heteroatoms. The summed E-state index contributed by atoms with van der Waals surface area (Å²) in [5.41, 5.74) is 1.40. The zero-order chi connectivity index (χ0) is 15.7. The topological polar surface area (TPSA) is 79.8 Å². The van der Waals surface area contributed by atoms with Crippen LogP contribution in [0, 0.1) is 0 Å². The van der Waals surface area contributed by atoms with Gasteiger partial charge in [0, 0.05) is 29.3 Å². The second kappa shape index (κ2) is 5.69. The van der Waals surface area contributed by atoms with Crippen molar-refractivity contribution >= 4 is 38.4 Å². The number of hydrogen-bond acceptors (Lipinski definition) is 4. The van der Waals surface area contributed by atoms with E-state index in [1.807, 2.05) is 24.3 Å². The Morgan fingerprint density at radius 1 is 1.32 bits per heavy atom. The summed E-state index contributed by atoms with van der Waals surface area (Å²) >= 11 is 3.24. The van der Waals surface area contributed by atoms with Crippen LogP contribution in [0.25, 0.3) is 10.9 Å². The van der Waals surface area contributed by atoms with Gasteiger partial charge >= 0.3 is 0 Å². The number of hydrogen-bond donors (Lipinski definition) is 1. The van der Waals surface area contributed by atoms with Gasteiger partial charge in [0.05, 0.1) is 11.1 Å². The summed E-state index contributed by atoms with van der Waals surface area (Å²) in [5, 5.41) is 18.5. The molecule has 3 rings (SSSR count). The molecule has 0 spiro atoms. The summed E-state index contributed by atoms with van der Waals surface area (Å²) in [6.45, 7) is 0. The van der Waals surface area contributed by atoms with Gasteiger partial charge in [-0.05, 0) is 28.1 Å². The normalized spacial score (nSPS) is 11.4. The third kappa shape index (κ3) is 2.50. The number of nitrogens with zero attached hydrogens (tertiary/aromatic N) is 4. The van der Waals surface area contributed by atoms with E-state index < -0.39 is 5.91 Å². The van der Waals surface area contributed by atoms with Crippen LogP contribution >= 0.6 is 15.9 Å². The number of rotatable bonds is 2. The first-order chi connectivity index (χ1) is 10.6. The Hall–Kier alpha value is -2.54. The highest BCUT2D eigenvalue weighted by atomic mass is 79.9. The van der Waals surface area contributed by atoms with Crippen LogP contribution in [-0.4, -0.2) is 20.6 Å². The van der Waals surface area contributed by atoms with Crippen LogP contribution < -0.4 is 0 Å². The van der Waals surface area contributed by atoms with Crippen molar-refractivity contribution in [2.75, 3.05) is 0 Å². The first-order valence-corrected chi connectivity index (χ1v) is 7.20. The zero-order valence-electron chi connectivity index (χ0n) is 11.6. The maximum Gasteiger partial charge on any atom is 0.297 e. The van der Waals surface area contributed by atoms with Gasteiger partial charge in [0.1, 0.15) is 0 Å². The lowest BCUT2D eigenvalue weighted by atomic mass is 10.2. The SMILES string of the molecule is Cn1c(O)c(N=NC(=O)c2cncc(Br)c2)c2ccccc21. The molecule has 0 bridgehead atoms.